The third kappa shape index (κ3) is 3.24. The van der Waals surface area contributed by atoms with Crippen LogP contribution in [0.5, 0.6) is 0 Å². The molecule has 0 radical (unpaired) electrons. The molecule has 0 fully saturated rings. The molecule has 0 saturated carbocycles. The van der Waals surface area contributed by atoms with Crippen molar-refractivity contribution >= 4 is 54.3 Å². The Kier molecular flexibility index (Phi) is 3.09. The van der Waals surface area contributed by atoms with Crippen molar-refractivity contribution in [2.24, 2.45) is 0 Å². The topological polar surface area (TPSA) is 13.1 Å². The fourth-order valence-corrected chi connectivity index (χ4v) is 6.27. The maximum Gasteiger partial charge on any atom is 0.143 e. The Morgan fingerprint density at radius 3 is 1.66 bits per heavy atom. The molecule has 0 bridgehead atoms. The number of furan rings is 1. The molecule has 190 valence electrons. The number of para-hydroxylation sites is 1. The van der Waals surface area contributed by atoms with Crippen LogP contribution in [0, 0.1) is 0 Å². The smallest absolute Gasteiger partial charge is 0.143 e. The second-order valence-electron chi connectivity index (χ2n) is 10.1. The number of fused-ring (bicyclic) bond motifs is 3. The van der Waals surface area contributed by atoms with Crippen LogP contribution in [-0.2, 0) is 0 Å². The highest BCUT2D eigenvalue weighted by atomic mass is 16.3. The second kappa shape index (κ2) is 8.55. The normalized spacial score (nSPS) is 15.3. The van der Waals surface area contributed by atoms with Crippen LogP contribution in [0.4, 0.5) is 0 Å². The number of rotatable bonds is 3. The SMILES string of the molecule is [2H]c1c([2H])c([2H])c(-c2ccc3ccc4c(-c5ccc(-c6c([2H])c([2H])c([2H])c([2H])c6[2H])c6oc7ccccc7c56)ccc5ccc2c3c54)c([2H])c1[2H]. The van der Waals surface area contributed by atoms with Gasteiger partial charge in [-0.1, -0.05) is 133 Å². The van der Waals surface area contributed by atoms with Crippen molar-refractivity contribution in [3.05, 3.63) is 145 Å². The predicted molar refractivity (Wildman–Crippen MR) is 174 cm³/mol. The Labute approximate surface area is 251 Å². The highest BCUT2D eigenvalue weighted by Crippen LogP contribution is 2.46. The average Bonchev–Trinajstić information content (AvgIpc) is 3.54. The first-order valence-electron chi connectivity index (χ1n) is 18.3. The van der Waals surface area contributed by atoms with E-state index in [2.05, 4.69) is 6.07 Å². The third-order valence-electron chi connectivity index (χ3n) is 8.02. The molecule has 0 aliphatic carbocycles. The van der Waals surface area contributed by atoms with Gasteiger partial charge in [0.1, 0.15) is 11.2 Å². The third-order valence-corrected chi connectivity index (χ3v) is 8.02. The fourth-order valence-electron chi connectivity index (χ4n) is 6.27. The molecule has 1 heterocycles. The summed E-state index contributed by atoms with van der Waals surface area (Å²) in [7, 11) is 0. The summed E-state index contributed by atoms with van der Waals surface area (Å²) in [6.45, 7) is 0. The van der Waals surface area contributed by atoms with Gasteiger partial charge < -0.3 is 4.42 Å². The number of benzene rings is 8. The Morgan fingerprint density at radius 2 is 0.951 bits per heavy atom. The summed E-state index contributed by atoms with van der Waals surface area (Å²) in [4.78, 5) is 0. The lowest BCUT2D eigenvalue weighted by molar-refractivity contribution is 0.670. The zero-order valence-corrected chi connectivity index (χ0v) is 21.5. The summed E-state index contributed by atoms with van der Waals surface area (Å²) >= 11 is 0. The molecule has 41 heavy (non-hydrogen) atoms. The monoisotopic (exact) mass is 530 g/mol. The van der Waals surface area contributed by atoms with Gasteiger partial charge in [-0.15, -0.1) is 0 Å². The van der Waals surface area contributed by atoms with Crippen molar-refractivity contribution in [3.8, 4) is 33.4 Å². The minimum Gasteiger partial charge on any atom is -0.455 e. The highest BCUT2D eigenvalue weighted by molar-refractivity contribution is 6.29. The lowest BCUT2D eigenvalue weighted by atomic mass is 9.86. The van der Waals surface area contributed by atoms with E-state index < -0.39 is 24.2 Å². The van der Waals surface area contributed by atoms with Gasteiger partial charge in [0.15, 0.2) is 0 Å². The van der Waals surface area contributed by atoms with Gasteiger partial charge in [0.2, 0.25) is 0 Å². The van der Waals surface area contributed by atoms with Crippen molar-refractivity contribution in [1.29, 1.82) is 0 Å². The fraction of sp³-hybridized carbons (Fsp3) is 0. The molecule has 0 amide bonds. The summed E-state index contributed by atoms with van der Waals surface area (Å²) < 4.78 is 90.6. The minimum absolute atomic E-state index is 0.0622. The van der Waals surface area contributed by atoms with Crippen molar-refractivity contribution < 1.29 is 18.1 Å². The van der Waals surface area contributed by atoms with Crippen molar-refractivity contribution in [2.75, 3.05) is 0 Å². The minimum atomic E-state index is -0.463. The molecule has 0 spiro atoms. The standard InChI is InChI=1S/C40H24O/c1-3-9-25(10-4-1)29-19-15-27-18-22-33-31(20-16-28-17-21-32(29)37(27)38(28)33)34-24-23-30(26-11-5-2-6-12-26)40-39(34)35-13-7-8-14-36(35)41-40/h1-24H/i1D,2D,3D,4D,5D,6D,9D,10D,11D,12D. The van der Waals surface area contributed by atoms with Gasteiger partial charge in [-0.2, -0.15) is 0 Å². The van der Waals surface area contributed by atoms with Crippen molar-refractivity contribution in [1.82, 2.24) is 0 Å². The van der Waals surface area contributed by atoms with Crippen molar-refractivity contribution in [2.45, 2.75) is 0 Å². The van der Waals surface area contributed by atoms with E-state index >= 15 is 0 Å². The summed E-state index contributed by atoms with van der Waals surface area (Å²) in [5.74, 6) is 0. The zero-order valence-electron chi connectivity index (χ0n) is 31.5. The van der Waals surface area contributed by atoms with Crippen LogP contribution >= 0.6 is 0 Å². The summed E-state index contributed by atoms with van der Waals surface area (Å²) in [6.07, 6.45) is 0. The largest absolute Gasteiger partial charge is 0.455 e. The molecular weight excluding hydrogens is 496 g/mol. The van der Waals surface area contributed by atoms with Crippen LogP contribution in [0.1, 0.15) is 13.7 Å². The van der Waals surface area contributed by atoms with E-state index in [4.69, 9.17) is 18.1 Å². The molecule has 1 aromatic heterocycles. The summed E-state index contributed by atoms with van der Waals surface area (Å²) in [6, 6.07) is 23.4. The van der Waals surface area contributed by atoms with Crippen molar-refractivity contribution in [3.63, 3.8) is 0 Å². The first-order chi connectivity index (χ1) is 24.5. The van der Waals surface area contributed by atoms with Gasteiger partial charge in [-0.05, 0) is 72.3 Å². The number of hydrogen-bond donors (Lipinski definition) is 0. The molecule has 8 aromatic carbocycles. The van der Waals surface area contributed by atoms with Crippen LogP contribution in [0.3, 0.4) is 0 Å². The maximum atomic E-state index is 8.70. The van der Waals surface area contributed by atoms with E-state index in [1.54, 1.807) is 6.07 Å². The second-order valence-corrected chi connectivity index (χ2v) is 10.1. The molecule has 0 aliphatic heterocycles. The van der Waals surface area contributed by atoms with Gasteiger partial charge in [-0.3, -0.25) is 0 Å². The molecule has 0 aliphatic rings. The van der Waals surface area contributed by atoms with Gasteiger partial charge >= 0.3 is 0 Å². The van der Waals surface area contributed by atoms with E-state index in [-0.39, 0.29) is 47.4 Å². The number of hydrogen-bond acceptors (Lipinski definition) is 1. The van der Waals surface area contributed by atoms with Gasteiger partial charge in [0.25, 0.3) is 0 Å². The average molecular weight is 531 g/mol. The molecule has 0 atom stereocenters. The first-order valence-corrected chi connectivity index (χ1v) is 13.3. The van der Waals surface area contributed by atoms with Crippen LogP contribution < -0.4 is 0 Å². The Hall–Kier alpha value is -5.40. The Morgan fingerprint density at radius 1 is 0.415 bits per heavy atom. The van der Waals surface area contributed by atoms with Gasteiger partial charge in [-0.25, -0.2) is 0 Å². The molecule has 9 aromatic rings. The zero-order chi connectivity index (χ0) is 35.6. The molecular formula is C40H24O. The molecule has 1 heteroatoms. The molecule has 9 rings (SSSR count). The first kappa shape index (κ1) is 14.8. The van der Waals surface area contributed by atoms with E-state index in [0.717, 1.165) is 54.2 Å². The Bertz CT molecular complexity index is 2920. The summed E-state index contributed by atoms with van der Waals surface area (Å²) in [5, 5.41) is 6.99. The quantitative estimate of drug-likeness (QED) is 0.207. The maximum absolute atomic E-state index is 8.70. The lowest BCUT2D eigenvalue weighted by Crippen LogP contribution is -1.90. The van der Waals surface area contributed by atoms with Gasteiger partial charge in [0, 0.05) is 16.3 Å². The molecule has 0 N–H and O–H groups in total. The van der Waals surface area contributed by atoms with Crippen LogP contribution in [0.25, 0.3) is 87.6 Å². The molecule has 0 unspecified atom stereocenters. The van der Waals surface area contributed by atoms with E-state index in [1.165, 1.54) is 0 Å². The highest BCUT2D eigenvalue weighted by Gasteiger charge is 2.20. The lowest BCUT2D eigenvalue weighted by Gasteiger charge is -2.17. The predicted octanol–water partition coefficient (Wildman–Crippen LogP) is 11.5. The molecule has 0 saturated heterocycles. The van der Waals surface area contributed by atoms with Gasteiger partial charge in [0.05, 0.1) is 13.7 Å². The van der Waals surface area contributed by atoms with Crippen LogP contribution in [-0.4, -0.2) is 0 Å². The molecule has 1 nitrogen and oxygen atoms in total. The van der Waals surface area contributed by atoms with E-state index in [9.17, 15) is 0 Å². The summed E-state index contributed by atoms with van der Waals surface area (Å²) in [5.41, 5.74) is 3.86. The van der Waals surface area contributed by atoms with Crippen LogP contribution in [0.15, 0.2) is 150 Å². The van der Waals surface area contributed by atoms with E-state index in [0.29, 0.717) is 22.3 Å². The van der Waals surface area contributed by atoms with E-state index in [1.807, 2.05) is 72.8 Å². The van der Waals surface area contributed by atoms with Crippen LogP contribution in [0.2, 0.25) is 0 Å². The Balaban J connectivity index is 1.37.